The van der Waals surface area contributed by atoms with E-state index in [9.17, 15) is 14.4 Å². The second-order valence-electron chi connectivity index (χ2n) is 7.83. The lowest BCUT2D eigenvalue weighted by atomic mass is 10.2. The third-order valence-electron chi connectivity index (χ3n) is 5.19. The molecule has 0 aromatic heterocycles. The predicted octanol–water partition coefficient (Wildman–Crippen LogP) is 5.27. The Morgan fingerprint density at radius 1 is 1.14 bits per heavy atom. The smallest absolute Gasteiger partial charge is 0.338 e. The number of ether oxygens (including phenoxy) is 2. The summed E-state index contributed by atoms with van der Waals surface area (Å²) in [4.78, 5) is 39.2. The van der Waals surface area contributed by atoms with Gasteiger partial charge in [0.25, 0.3) is 5.91 Å². The number of benzene rings is 2. The lowest BCUT2D eigenvalue weighted by molar-refractivity contribution is -0.122. The van der Waals surface area contributed by atoms with E-state index in [1.165, 1.54) is 16.7 Å². The molecule has 2 aromatic carbocycles. The molecule has 1 aliphatic heterocycles. The van der Waals surface area contributed by atoms with Crippen LogP contribution in [0, 0.1) is 0 Å². The summed E-state index contributed by atoms with van der Waals surface area (Å²) in [6.45, 7) is 2.78. The number of methoxy groups -OCH3 is 1. The van der Waals surface area contributed by atoms with Crippen LogP contribution in [-0.4, -0.2) is 47.3 Å². The Balaban J connectivity index is 1.47. The first-order chi connectivity index (χ1) is 16.9. The van der Waals surface area contributed by atoms with E-state index in [0.717, 1.165) is 18.4 Å². The highest BCUT2D eigenvalue weighted by molar-refractivity contribution is 8.26. The van der Waals surface area contributed by atoms with Gasteiger partial charge in [-0.25, -0.2) is 4.79 Å². The standard InChI is InChI=1S/C26H28N2O5S2/c1-3-4-15-33-25(31)19-10-12-20(13-11-19)27-23(29)9-6-14-28-24(30)22(35-26(28)34)17-18-7-5-8-21(16-18)32-2/h5,7-8,10-13,16-17H,3-4,6,9,14-15H2,1-2H3,(H,27,29). The fraction of sp³-hybridized carbons (Fsp3) is 0.308. The van der Waals surface area contributed by atoms with Gasteiger partial charge in [-0.05, 0) is 60.9 Å². The van der Waals surface area contributed by atoms with Crippen LogP contribution in [0.4, 0.5) is 5.69 Å². The average molecular weight is 513 g/mol. The molecule has 1 aliphatic rings. The van der Waals surface area contributed by atoms with Gasteiger partial charge in [-0.2, -0.15) is 0 Å². The van der Waals surface area contributed by atoms with Crippen LogP contribution in [0.2, 0.25) is 0 Å². The molecule has 0 atom stereocenters. The van der Waals surface area contributed by atoms with Crippen molar-refractivity contribution in [2.45, 2.75) is 32.6 Å². The number of anilines is 1. The zero-order chi connectivity index (χ0) is 25.2. The molecule has 0 saturated carbocycles. The van der Waals surface area contributed by atoms with Gasteiger partial charge in [-0.1, -0.05) is 49.5 Å². The molecule has 0 radical (unpaired) electrons. The summed E-state index contributed by atoms with van der Waals surface area (Å²) in [5, 5.41) is 2.80. The van der Waals surface area contributed by atoms with Gasteiger partial charge in [0, 0.05) is 18.7 Å². The van der Waals surface area contributed by atoms with Crippen LogP contribution in [0.15, 0.2) is 53.4 Å². The maximum Gasteiger partial charge on any atom is 0.338 e. The van der Waals surface area contributed by atoms with Gasteiger partial charge in [0.05, 0.1) is 24.2 Å². The van der Waals surface area contributed by atoms with E-state index in [0.29, 0.717) is 45.8 Å². The summed E-state index contributed by atoms with van der Waals surface area (Å²) >= 11 is 6.63. The molecule has 1 heterocycles. The topological polar surface area (TPSA) is 84.9 Å². The van der Waals surface area contributed by atoms with E-state index in [-0.39, 0.29) is 24.2 Å². The molecular weight excluding hydrogens is 484 g/mol. The average Bonchev–Trinajstić information content (AvgIpc) is 3.12. The second kappa shape index (κ2) is 13.1. The third-order valence-corrected chi connectivity index (χ3v) is 6.56. The molecule has 1 N–H and O–H groups in total. The summed E-state index contributed by atoms with van der Waals surface area (Å²) in [6, 6.07) is 14.0. The first-order valence-electron chi connectivity index (χ1n) is 11.4. The molecule has 2 aromatic rings. The van der Waals surface area contributed by atoms with E-state index in [1.807, 2.05) is 31.2 Å². The lowest BCUT2D eigenvalue weighted by Gasteiger charge is -2.14. The molecule has 1 saturated heterocycles. The number of hydrogen-bond acceptors (Lipinski definition) is 7. The van der Waals surface area contributed by atoms with Crippen molar-refractivity contribution in [1.29, 1.82) is 0 Å². The number of unbranched alkanes of at least 4 members (excludes halogenated alkanes) is 1. The molecule has 7 nitrogen and oxygen atoms in total. The highest BCUT2D eigenvalue weighted by atomic mass is 32.2. The number of amides is 2. The maximum absolute atomic E-state index is 12.8. The Kier molecular flexibility index (Phi) is 9.86. The second-order valence-corrected chi connectivity index (χ2v) is 9.50. The van der Waals surface area contributed by atoms with Gasteiger partial charge >= 0.3 is 5.97 Å². The monoisotopic (exact) mass is 512 g/mol. The Hall–Kier alpha value is -3.17. The number of nitrogens with one attached hydrogen (secondary N) is 1. The van der Waals surface area contributed by atoms with Gasteiger partial charge in [-0.15, -0.1) is 0 Å². The van der Waals surface area contributed by atoms with Crippen LogP contribution in [0.1, 0.15) is 48.5 Å². The van der Waals surface area contributed by atoms with Crippen molar-refractivity contribution in [3.8, 4) is 5.75 Å². The van der Waals surface area contributed by atoms with Crippen molar-refractivity contribution in [1.82, 2.24) is 4.90 Å². The number of thiocarbonyl (C=S) groups is 1. The molecule has 2 amide bonds. The summed E-state index contributed by atoms with van der Waals surface area (Å²) in [6.07, 6.45) is 4.26. The molecule has 0 bridgehead atoms. The molecule has 9 heteroatoms. The minimum absolute atomic E-state index is 0.162. The minimum atomic E-state index is -0.375. The van der Waals surface area contributed by atoms with Gasteiger partial charge in [0.2, 0.25) is 5.91 Å². The van der Waals surface area contributed by atoms with Gasteiger partial charge in [0.15, 0.2) is 0 Å². The Morgan fingerprint density at radius 3 is 2.63 bits per heavy atom. The maximum atomic E-state index is 12.8. The number of esters is 1. The molecule has 0 aliphatic carbocycles. The van der Waals surface area contributed by atoms with Crippen molar-refractivity contribution in [2.75, 3.05) is 25.6 Å². The number of nitrogens with zero attached hydrogens (tertiary/aromatic N) is 1. The van der Waals surface area contributed by atoms with E-state index in [1.54, 1.807) is 37.5 Å². The zero-order valence-electron chi connectivity index (χ0n) is 19.7. The number of hydrogen-bond donors (Lipinski definition) is 1. The van der Waals surface area contributed by atoms with Crippen LogP contribution >= 0.6 is 24.0 Å². The first-order valence-corrected chi connectivity index (χ1v) is 12.6. The van der Waals surface area contributed by atoms with Crippen molar-refractivity contribution in [2.24, 2.45) is 0 Å². The number of rotatable bonds is 11. The van der Waals surface area contributed by atoms with E-state index < -0.39 is 0 Å². The largest absolute Gasteiger partial charge is 0.497 e. The lowest BCUT2D eigenvalue weighted by Crippen LogP contribution is -2.29. The minimum Gasteiger partial charge on any atom is -0.497 e. The first kappa shape index (κ1) is 26.4. The quantitative estimate of drug-likeness (QED) is 0.190. The van der Waals surface area contributed by atoms with Crippen LogP contribution in [0.3, 0.4) is 0 Å². The van der Waals surface area contributed by atoms with Crippen LogP contribution in [0.5, 0.6) is 5.75 Å². The molecule has 3 rings (SSSR count). The molecule has 35 heavy (non-hydrogen) atoms. The van der Waals surface area contributed by atoms with Crippen molar-refractivity contribution in [3.05, 3.63) is 64.6 Å². The molecule has 0 unspecified atom stereocenters. The summed E-state index contributed by atoms with van der Waals surface area (Å²) < 4.78 is 10.9. The Bertz CT molecular complexity index is 1110. The van der Waals surface area contributed by atoms with Crippen molar-refractivity contribution in [3.63, 3.8) is 0 Å². The summed E-state index contributed by atoms with van der Waals surface area (Å²) in [5.74, 6) is -0.00710. The normalized spacial score (nSPS) is 14.3. The van der Waals surface area contributed by atoms with Crippen LogP contribution in [-0.2, 0) is 14.3 Å². The number of carbonyl (C=O) groups excluding carboxylic acids is 3. The molecule has 0 spiro atoms. The third kappa shape index (κ3) is 7.66. The van der Waals surface area contributed by atoms with Crippen molar-refractivity contribution >= 4 is 57.8 Å². The number of thioether (sulfide) groups is 1. The fourth-order valence-corrected chi connectivity index (χ4v) is 4.59. The summed E-state index contributed by atoms with van der Waals surface area (Å²) in [7, 11) is 1.59. The molecule has 1 fully saturated rings. The van der Waals surface area contributed by atoms with Gasteiger partial charge in [0.1, 0.15) is 10.1 Å². The fourth-order valence-electron chi connectivity index (χ4n) is 3.28. The number of carbonyl (C=O) groups is 3. The van der Waals surface area contributed by atoms with E-state index >= 15 is 0 Å². The summed E-state index contributed by atoms with van der Waals surface area (Å²) in [5.41, 5.74) is 1.88. The zero-order valence-corrected chi connectivity index (χ0v) is 21.4. The van der Waals surface area contributed by atoms with Gasteiger partial charge < -0.3 is 14.8 Å². The van der Waals surface area contributed by atoms with Crippen LogP contribution in [0.25, 0.3) is 6.08 Å². The Labute approximate surface area is 214 Å². The van der Waals surface area contributed by atoms with E-state index in [4.69, 9.17) is 21.7 Å². The highest BCUT2D eigenvalue weighted by Gasteiger charge is 2.31. The molecule has 184 valence electrons. The van der Waals surface area contributed by atoms with Gasteiger partial charge in [-0.3, -0.25) is 14.5 Å². The predicted molar refractivity (Wildman–Crippen MR) is 142 cm³/mol. The van der Waals surface area contributed by atoms with Crippen LogP contribution < -0.4 is 10.1 Å². The van der Waals surface area contributed by atoms with E-state index in [2.05, 4.69) is 5.32 Å². The van der Waals surface area contributed by atoms with Crippen molar-refractivity contribution < 1.29 is 23.9 Å². The highest BCUT2D eigenvalue weighted by Crippen LogP contribution is 2.33. The Morgan fingerprint density at radius 2 is 1.91 bits per heavy atom. The molecular formula is C26H28N2O5S2. The SMILES string of the molecule is CCCCOC(=O)c1ccc(NC(=O)CCCN2C(=O)C(=Cc3cccc(OC)c3)SC2=S)cc1.